The molecule has 1 amide bonds. The molecule has 23 heavy (non-hydrogen) atoms. The standard InChI is InChI=1S/C18H19N3O2/c1-11-9-12(21-23-11)10-19-18(22)15-7-4-6-14-13-5-2-3-8-16(13)20-17(14)15/h2-3,5,8-9,15,20H,4,6-7,10H2,1H3,(H,19,22)/t15-/m0/s1. The molecule has 0 spiro atoms. The van der Waals surface area contributed by atoms with Gasteiger partial charge in [0.05, 0.1) is 12.5 Å². The number of fused-ring (bicyclic) bond motifs is 3. The van der Waals surface area contributed by atoms with E-state index in [1.54, 1.807) is 0 Å². The summed E-state index contributed by atoms with van der Waals surface area (Å²) in [5, 5.41) is 8.14. The van der Waals surface area contributed by atoms with Crippen molar-refractivity contribution in [1.82, 2.24) is 15.5 Å². The summed E-state index contributed by atoms with van der Waals surface area (Å²) in [6, 6.07) is 10.1. The minimum Gasteiger partial charge on any atom is -0.361 e. The Morgan fingerprint density at radius 2 is 2.30 bits per heavy atom. The molecule has 1 atom stereocenters. The van der Waals surface area contributed by atoms with Gasteiger partial charge < -0.3 is 14.8 Å². The summed E-state index contributed by atoms with van der Waals surface area (Å²) >= 11 is 0. The fourth-order valence-corrected chi connectivity index (χ4v) is 3.48. The van der Waals surface area contributed by atoms with Gasteiger partial charge in [-0.15, -0.1) is 0 Å². The van der Waals surface area contributed by atoms with Crippen molar-refractivity contribution in [1.29, 1.82) is 0 Å². The van der Waals surface area contributed by atoms with E-state index in [1.165, 1.54) is 10.9 Å². The zero-order valence-corrected chi connectivity index (χ0v) is 13.1. The van der Waals surface area contributed by atoms with Crippen LogP contribution in [0.2, 0.25) is 0 Å². The molecule has 0 bridgehead atoms. The molecule has 0 fully saturated rings. The van der Waals surface area contributed by atoms with Crippen LogP contribution in [-0.4, -0.2) is 16.0 Å². The van der Waals surface area contributed by atoms with Crippen molar-refractivity contribution in [2.24, 2.45) is 0 Å². The summed E-state index contributed by atoms with van der Waals surface area (Å²) in [5.74, 6) is 0.696. The largest absolute Gasteiger partial charge is 0.361 e. The SMILES string of the molecule is Cc1cc(CNC(=O)[C@H]2CCCc3c2[nH]c2ccccc32)no1. The topological polar surface area (TPSA) is 70.9 Å². The lowest BCUT2D eigenvalue weighted by Gasteiger charge is -2.21. The fraction of sp³-hybridized carbons (Fsp3) is 0.333. The first-order chi connectivity index (χ1) is 11.2. The number of rotatable bonds is 3. The first kappa shape index (κ1) is 14.1. The van der Waals surface area contributed by atoms with E-state index < -0.39 is 0 Å². The number of nitrogens with zero attached hydrogens (tertiary/aromatic N) is 1. The summed E-state index contributed by atoms with van der Waals surface area (Å²) in [6.07, 6.45) is 2.95. The first-order valence-electron chi connectivity index (χ1n) is 8.02. The van der Waals surface area contributed by atoms with Crippen LogP contribution in [-0.2, 0) is 17.8 Å². The summed E-state index contributed by atoms with van der Waals surface area (Å²) in [4.78, 5) is 16.1. The highest BCUT2D eigenvalue weighted by atomic mass is 16.5. The van der Waals surface area contributed by atoms with Crippen LogP contribution >= 0.6 is 0 Å². The van der Waals surface area contributed by atoms with Gasteiger partial charge in [0.25, 0.3) is 0 Å². The van der Waals surface area contributed by atoms with Crippen LogP contribution in [0.15, 0.2) is 34.9 Å². The zero-order valence-electron chi connectivity index (χ0n) is 13.1. The number of benzene rings is 1. The fourth-order valence-electron chi connectivity index (χ4n) is 3.48. The Hall–Kier alpha value is -2.56. The Labute approximate surface area is 134 Å². The average Bonchev–Trinajstić information content (AvgIpc) is 3.15. The number of H-pyrrole nitrogens is 1. The van der Waals surface area contributed by atoms with E-state index in [-0.39, 0.29) is 11.8 Å². The van der Waals surface area contributed by atoms with E-state index in [9.17, 15) is 4.79 Å². The normalized spacial score (nSPS) is 17.2. The minimum absolute atomic E-state index is 0.0539. The maximum Gasteiger partial charge on any atom is 0.229 e. The number of aromatic nitrogens is 2. The molecule has 5 nitrogen and oxygen atoms in total. The number of amides is 1. The van der Waals surface area contributed by atoms with Crippen LogP contribution in [0, 0.1) is 6.92 Å². The summed E-state index contributed by atoms with van der Waals surface area (Å²) in [5.41, 5.74) is 4.24. The number of para-hydroxylation sites is 1. The quantitative estimate of drug-likeness (QED) is 0.780. The van der Waals surface area contributed by atoms with Crippen LogP contribution in [0.5, 0.6) is 0 Å². The maximum absolute atomic E-state index is 12.6. The number of carbonyl (C=O) groups excluding carboxylic acids is 1. The highest BCUT2D eigenvalue weighted by Gasteiger charge is 2.29. The molecule has 0 unspecified atom stereocenters. The van der Waals surface area contributed by atoms with Crippen molar-refractivity contribution in [3.05, 3.63) is 53.0 Å². The molecule has 1 aliphatic rings. The van der Waals surface area contributed by atoms with Gasteiger partial charge in [-0.3, -0.25) is 4.79 Å². The highest BCUT2D eigenvalue weighted by molar-refractivity contribution is 5.90. The zero-order chi connectivity index (χ0) is 15.8. The van der Waals surface area contributed by atoms with Gasteiger partial charge in [0, 0.05) is 22.7 Å². The molecule has 2 aromatic heterocycles. The molecule has 0 saturated carbocycles. The van der Waals surface area contributed by atoms with Crippen molar-refractivity contribution >= 4 is 16.8 Å². The van der Waals surface area contributed by atoms with E-state index in [1.807, 2.05) is 25.1 Å². The van der Waals surface area contributed by atoms with E-state index >= 15 is 0 Å². The Kier molecular flexibility index (Phi) is 3.41. The summed E-state index contributed by atoms with van der Waals surface area (Å²) in [7, 11) is 0. The molecule has 1 aliphatic carbocycles. The van der Waals surface area contributed by atoms with E-state index in [4.69, 9.17) is 4.52 Å². The van der Waals surface area contributed by atoms with Gasteiger partial charge >= 0.3 is 0 Å². The predicted octanol–water partition coefficient (Wildman–Crippen LogP) is 3.20. The first-order valence-corrected chi connectivity index (χ1v) is 8.02. The van der Waals surface area contributed by atoms with Gasteiger partial charge in [-0.05, 0) is 37.8 Å². The molecule has 0 saturated heterocycles. The number of hydrogen-bond acceptors (Lipinski definition) is 3. The highest BCUT2D eigenvalue weighted by Crippen LogP contribution is 2.36. The van der Waals surface area contributed by atoms with Crippen LogP contribution in [0.1, 0.15) is 41.5 Å². The molecular weight excluding hydrogens is 290 g/mol. The third-order valence-electron chi connectivity index (χ3n) is 4.55. The number of aromatic amines is 1. The molecule has 3 aromatic rings. The third kappa shape index (κ3) is 2.52. The number of carbonyl (C=O) groups is 1. The lowest BCUT2D eigenvalue weighted by atomic mass is 9.86. The van der Waals surface area contributed by atoms with Crippen molar-refractivity contribution in [3.63, 3.8) is 0 Å². The molecule has 0 radical (unpaired) electrons. The Morgan fingerprint density at radius 3 is 3.13 bits per heavy atom. The van der Waals surface area contributed by atoms with Crippen LogP contribution in [0.4, 0.5) is 0 Å². The molecule has 2 N–H and O–H groups in total. The molecule has 5 heteroatoms. The second kappa shape index (κ2) is 5.57. The van der Waals surface area contributed by atoms with Gasteiger partial charge in [-0.2, -0.15) is 0 Å². The van der Waals surface area contributed by atoms with E-state index in [0.29, 0.717) is 6.54 Å². The van der Waals surface area contributed by atoms with Crippen LogP contribution < -0.4 is 5.32 Å². The molecule has 118 valence electrons. The van der Waals surface area contributed by atoms with Gasteiger partial charge in [-0.25, -0.2) is 0 Å². The maximum atomic E-state index is 12.6. The van der Waals surface area contributed by atoms with Crippen molar-refractivity contribution in [2.45, 2.75) is 38.6 Å². The average molecular weight is 309 g/mol. The number of nitrogens with one attached hydrogen (secondary N) is 2. The Bertz CT molecular complexity index is 862. The molecule has 0 aliphatic heterocycles. The van der Waals surface area contributed by atoms with Gasteiger partial charge in [0.15, 0.2) is 0 Å². The van der Waals surface area contributed by atoms with Crippen molar-refractivity contribution in [3.8, 4) is 0 Å². The lowest BCUT2D eigenvalue weighted by molar-refractivity contribution is -0.123. The van der Waals surface area contributed by atoms with Crippen LogP contribution in [0.25, 0.3) is 10.9 Å². The molecule has 2 heterocycles. The van der Waals surface area contributed by atoms with Gasteiger partial charge in [0.2, 0.25) is 5.91 Å². The third-order valence-corrected chi connectivity index (χ3v) is 4.55. The Balaban J connectivity index is 1.57. The van der Waals surface area contributed by atoms with Gasteiger partial charge in [0.1, 0.15) is 11.5 Å². The van der Waals surface area contributed by atoms with E-state index in [2.05, 4.69) is 27.6 Å². The molecular formula is C18H19N3O2. The predicted molar refractivity (Wildman–Crippen MR) is 87.1 cm³/mol. The van der Waals surface area contributed by atoms with Gasteiger partial charge in [-0.1, -0.05) is 23.4 Å². The minimum atomic E-state index is -0.112. The summed E-state index contributed by atoms with van der Waals surface area (Å²) < 4.78 is 5.03. The van der Waals surface area contributed by atoms with Crippen LogP contribution in [0.3, 0.4) is 0 Å². The lowest BCUT2D eigenvalue weighted by Crippen LogP contribution is -2.31. The number of hydrogen-bond donors (Lipinski definition) is 2. The molecule has 1 aromatic carbocycles. The number of aryl methyl sites for hydroxylation is 2. The second-order valence-corrected chi connectivity index (χ2v) is 6.15. The van der Waals surface area contributed by atoms with Crippen molar-refractivity contribution in [2.75, 3.05) is 0 Å². The second-order valence-electron chi connectivity index (χ2n) is 6.15. The van der Waals surface area contributed by atoms with Crippen molar-refractivity contribution < 1.29 is 9.32 Å². The smallest absolute Gasteiger partial charge is 0.229 e. The Morgan fingerprint density at radius 1 is 1.43 bits per heavy atom. The van der Waals surface area contributed by atoms with E-state index in [0.717, 1.165) is 41.9 Å². The summed E-state index contributed by atoms with van der Waals surface area (Å²) in [6.45, 7) is 2.25. The monoisotopic (exact) mass is 309 g/mol. The molecule has 4 rings (SSSR count).